The number of hydrogen-bond donors (Lipinski definition) is 3. The number of aliphatic hydroxyl groups excluding tert-OH is 1. The summed E-state index contributed by atoms with van der Waals surface area (Å²) in [6.07, 6.45) is -1.10. The van der Waals surface area contributed by atoms with Gasteiger partial charge in [0.05, 0.1) is 0 Å². The summed E-state index contributed by atoms with van der Waals surface area (Å²) in [4.78, 5) is 12.0. The molecule has 4 nitrogen and oxygen atoms in total. The van der Waals surface area contributed by atoms with Crippen LogP contribution in [0.15, 0.2) is 29.2 Å². The summed E-state index contributed by atoms with van der Waals surface area (Å²) in [7, 11) is 0. The zero-order chi connectivity index (χ0) is 12.3. The van der Waals surface area contributed by atoms with Gasteiger partial charge in [0.2, 0.25) is 5.91 Å². The second kappa shape index (κ2) is 5.53. The molecule has 2 rings (SSSR count). The Bertz CT molecular complexity index is 411. The molecule has 2 atom stereocenters. The van der Waals surface area contributed by atoms with Crippen LogP contribution in [0.2, 0.25) is 0 Å². The van der Waals surface area contributed by atoms with Crippen LogP contribution < -0.4 is 11.1 Å². The number of fused-ring (bicyclic) bond motifs is 1. The third kappa shape index (κ3) is 3.00. The minimum Gasteiger partial charge on any atom is -0.382 e. The predicted octanol–water partition coefficient (Wildman–Crippen LogP) is 0.312. The number of benzene rings is 1. The molecule has 0 aromatic heterocycles. The van der Waals surface area contributed by atoms with Crippen molar-refractivity contribution >= 4 is 17.7 Å². The fourth-order valence-corrected chi connectivity index (χ4v) is 3.15. The Balaban J connectivity index is 1.84. The van der Waals surface area contributed by atoms with Gasteiger partial charge in [-0.2, -0.15) is 0 Å². The highest BCUT2D eigenvalue weighted by Crippen LogP contribution is 2.38. The zero-order valence-corrected chi connectivity index (χ0v) is 10.2. The van der Waals surface area contributed by atoms with Crippen molar-refractivity contribution in [2.45, 2.75) is 16.9 Å². The van der Waals surface area contributed by atoms with Crippen LogP contribution in [0.1, 0.15) is 11.5 Å². The van der Waals surface area contributed by atoms with E-state index in [9.17, 15) is 9.90 Å². The van der Waals surface area contributed by atoms with E-state index >= 15 is 0 Å². The first-order chi connectivity index (χ1) is 8.18. The fraction of sp³-hybridized carbons (Fsp3) is 0.417. The van der Waals surface area contributed by atoms with E-state index in [1.54, 1.807) is 0 Å². The molecule has 0 radical (unpaired) electrons. The monoisotopic (exact) mass is 252 g/mol. The van der Waals surface area contributed by atoms with E-state index in [2.05, 4.69) is 17.4 Å². The summed E-state index contributed by atoms with van der Waals surface area (Å²) in [6, 6.07) is 8.33. The van der Waals surface area contributed by atoms with Crippen molar-refractivity contribution in [3.05, 3.63) is 29.8 Å². The predicted molar refractivity (Wildman–Crippen MR) is 68.0 cm³/mol. The molecule has 1 amide bonds. The Labute approximate surface area is 105 Å². The number of carbonyl (C=O) groups is 1. The zero-order valence-electron chi connectivity index (χ0n) is 9.43. The number of rotatable bonds is 5. The molecule has 92 valence electrons. The molecule has 1 aliphatic rings. The van der Waals surface area contributed by atoms with Crippen molar-refractivity contribution in [2.75, 3.05) is 18.8 Å². The SMILES string of the molecule is NC(=O)C(O)CNCC1CSc2ccccc21. The first-order valence-corrected chi connectivity index (χ1v) is 6.57. The average Bonchev–Trinajstić information content (AvgIpc) is 2.72. The minimum absolute atomic E-state index is 0.221. The Morgan fingerprint density at radius 3 is 3.12 bits per heavy atom. The summed E-state index contributed by atoms with van der Waals surface area (Å²) in [5.74, 6) is 0.800. The summed E-state index contributed by atoms with van der Waals surface area (Å²) in [5, 5.41) is 12.3. The molecule has 4 N–H and O–H groups in total. The van der Waals surface area contributed by atoms with Crippen molar-refractivity contribution in [3.8, 4) is 0 Å². The van der Waals surface area contributed by atoms with E-state index in [0.29, 0.717) is 5.92 Å². The van der Waals surface area contributed by atoms with Gasteiger partial charge in [0.25, 0.3) is 0 Å². The molecule has 0 spiro atoms. The number of aliphatic hydroxyl groups is 1. The molecular weight excluding hydrogens is 236 g/mol. The maximum Gasteiger partial charge on any atom is 0.247 e. The summed E-state index contributed by atoms with van der Waals surface area (Å²) in [6.45, 7) is 0.979. The van der Waals surface area contributed by atoms with E-state index < -0.39 is 12.0 Å². The minimum atomic E-state index is -1.10. The Kier molecular flexibility index (Phi) is 4.04. The maximum absolute atomic E-state index is 10.7. The molecule has 0 saturated heterocycles. The Hall–Kier alpha value is -1.04. The van der Waals surface area contributed by atoms with Crippen LogP contribution in [-0.4, -0.2) is 36.0 Å². The standard InChI is InChI=1S/C12H16N2O2S/c13-12(16)10(15)6-14-5-8-7-17-11-4-2-1-3-9(8)11/h1-4,8,10,14-15H,5-7H2,(H2,13,16). The second-order valence-electron chi connectivity index (χ2n) is 4.12. The smallest absolute Gasteiger partial charge is 0.247 e. The van der Waals surface area contributed by atoms with Gasteiger partial charge in [0.1, 0.15) is 6.10 Å². The van der Waals surface area contributed by atoms with E-state index in [1.807, 2.05) is 23.9 Å². The number of nitrogens with two attached hydrogens (primary N) is 1. The molecule has 1 aromatic carbocycles. The lowest BCUT2D eigenvalue weighted by Gasteiger charge is -2.13. The number of hydrogen-bond acceptors (Lipinski definition) is 4. The molecule has 0 bridgehead atoms. The Morgan fingerprint density at radius 2 is 2.35 bits per heavy atom. The number of thioether (sulfide) groups is 1. The van der Waals surface area contributed by atoms with Gasteiger partial charge in [-0.15, -0.1) is 11.8 Å². The first-order valence-electron chi connectivity index (χ1n) is 5.58. The van der Waals surface area contributed by atoms with E-state index in [4.69, 9.17) is 5.73 Å². The fourth-order valence-electron chi connectivity index (χ4n) is 1.89. The molecule has 0 aliphatic carbocycles. The lowest BCUT2D eigenvalue weighted by atomic mass is 10.0. The van der Waals surface area contributed by atoms with E-state index in [-0.39, 0.29) is 6.54 Å². The van der Waals surface area contributed by atoms with Crippen LogP contribution in [0.25, 0.3) is 0 Å². The van der Waals surface area contributed by atoms with Crippen molar-refractivity contribution in [3.63, 3.8) is 0 Å². The van der Waals surface area contributed by atoms with Gasteiger partial charge >= 0.3 is 0 Å². The van der Waals surface area contributed by atoms with Crippen molar-refractivity contribution < 1.29 is 9.90 Å². The highest BCUT2D eigenvalue weighted by molar-refractivity contribution is 7.99. The number of primary amides is 1. The summed E-state index contributed by atoms with van der Waals surface area (Å²) >= 11 is 1.85. The van der Waals surface area contributed by atoms with Crippen LogP contribution in [0.4, 0.5) is 0 Å². The van der Waals surface area contributed by atoms with Gasteiger partial charge in [-0.3, -0.25) is 4.79 Å². The molecule has 5 heteroatoms. The molecule has 17 heavy (non-hydrogen) atoms. The lowest BCUT2D eigenvalue weighted by Crippen LogP contribution is -2.38. The molecule has 0 fully saturated rings. The van der Waals surface area contributed by atoms with Crippen LogP contribution in [0, 0.1) is 0 Å². The molecule has 0 saturated carbocycles. The van der Waals surface area contributed by atoms with E-state index in [0.717, 1.165) is 12.3 Å². The number of nitrogens with one attached hydrogen (secondary N) is 1. The lowest BCUT2D eigenvalue weighted by molar-refractivity contribution is -0.125. The number of carbonyl (C=O) groups excluding carboxylic acids is 1. The van der Waals surface area contributed by atoms with Gasteiger partial charge in [-0.25, -0.2) is 0 Å². The third-order valence-corrected chi connectivity index (χ3v) is 4.11. The Morgan fingerprint density at radius 1 is 1.59 bits per heavy atom. The van der Waals surface area contributed by atoms with Gasteiger partial charge in [0, 0.05) is 29.7 Å². The van der Waals surface area contributed by atoms with Crippen molar-refractivity contribution in [2.24, 2.45) is 5.73 Å². The largest absolute Gasteiger partial charge is 0.382 e. The molecule has 1 aliphatic heterocycles. The van der Waals surface area contributed by atoms with Gasteiger partial charge in [-0.1, -0.05) is 18.2 Å². The molecular formula is C12H16N2O2S. The highest BCUT2D eigenvalue weighted by atomic mass is 32.2. The summed E-state index contributed by atoms with van der Waals surface area (Å²) in [5.41, 5.74) is 6.32. The third-order valence-electron chi connectivity index (χ3n) is 2.86. The van der Waals surface area contributed by atoms with Crippen molar-refractivity contribution in [1.82, 2.24) is 5.32 Å². The van der Waals surface area contributed by atoms with Crippen LogP contribution in [-0.2, 0) is 4.79 Å². The van der Waals surface area contributed by atoms with Crippen molar-refractivity contribution in [1.29, 1.82) is 0 Å². The molecule has 1 aromatic rings. The van der Waals surface area contributed by atoms with E-state index in [1.165, 1.54) is 10.5 Å². The first kappa shape index (κ1) is 12.4. The molecule has 2 unspecified atom stereocenters. The van der Waals surface area contributed by atoms with Gasteiger partial charge in [-0.05, 0) is 11.6 Å². The highest BCUT2D eigenvalue weighted by Gasteiger charge is 2.22. The maximum atomic E-state index is 10.7. The van der Waals surface area contributed by atoms with Gasteiger partial charge in [0.15, 0.2) is 0 Å². The molecule has 1 heterocycles. The quantitative estimate of drug-likeness (QED) is 0.705. The van der Waals surface area contributed by atoms with Gasteiger partial charge < -0.3 is 16.2 Å². The second-order valence-corrected chi connectivity index (χ2v) is 5.18. The number of amides is 1. The average molecular weight is 252 g/mol. The van der Waals surface area contributed by atoms with Crippen LogP contribution in [0.3, 0.4) is 0 Å². The topological polar surface area (TPSA) is 75.4 Å². The normalized spacial score (nSPS) is 19.9. The van der Waals surface area contributed by atoms with Crippen LogP contribution in [0.5, 0.6) is 0 Å². The summed E-state index contributed by atoms with van der Waals surface area (Å²) < 4.78 is 0. The van der Waals surface area contributed by atoms with Crippen LogP contribution >= 0.6 is 11.8 Å².